The molecule has 0 radical (unpaired) electrons. The van der Waals surface area contributed by atoms with E-state index in [0.29, 0.717) is 18.7 Å². The first kappa shape index (κ1) is 20.3. The topological polar surface area (TPSA) is 55.6 Å². The number of carbonyl (C=O) groups excluding carboxylic acids is 1. The first-order chi connectivity index (χ1) is 12.1. The predicted molar refractivity (Wildman–Crippen MR) is 107 cm³/mol. The van der Waals surface area contributed by atoms with Crippen LogP contribution in [0.1, 0.15) is 42.1 Å². The van der Waals surface area contributed by atoms with Crippen molar-refractivity contribution in [2.24, 2.45) is 5.73 Å². The quantitative estimate of drug-likeness (QED) is 0.864. The average molecular weight is 375 g/mol. The molecule has 3 rings (SSSR count). The standard InChI is InChI=1S/C21H26N2O2.ClH/c1-3-15(2)25-18-11-9-17(10-12-18)21(24)23-13-19(20(22)14-23)16-7-5-4-6-8-16;/h4-12,15,19-20H,3,13-14,22H2,1-2H3;1H/t15?,19-,20+;/m0./s1. The molecule has 1 amide bonds. The van der Waals surface area contributed by atoms with Crippen molar-refractivity contribution in [2.75, 3.05) is 13.1 Å². The van der Waals surface area contributed by atoms with Gasteiger partial charge in [0.05, 0.1) is 6.10 Å². The third-order valence-electron chi connectivity index (χ3n) is 4.89. The highest BCUT2D eigenvalue weighted by Crippen LogP contribution is 2.27. The molecule has 1 saturated heterocycles. The molecule has 140 valence electrons. The average Bonchev–Trinajstić information content (AvgIpc) is 3.04. The summed E-state index contributed by atoms with van der Waals surface area (Å²) in [4.78, 5) is 14.6. The Morgan fingerprint density at radius 2 is 1.81 bits per heavy atom. The lowest BCUT2D eigenvalue weighted by molar-refractivity contribution is 0.0789. The molecule has 2 N–H and O–H groups in total. The number of nitrogens with zero attached hydrogens (tertiary/aromatic N) is 1. The molecular formula is C21H27ClN2O2. The fraction of sp³-hybridized carbons (Fsp3) is 0.381. The fourth-order valence-electron chi connectivity index (χ4n) is 3.22. The molecule has 1 unspecified atom stereocenters. The summed E-state index contributed by atoms with van der Waals surface area (Å²) in [5.74, 6) is 1.02. The van der Waals surface area contributed by atoms with Crippen molar-refractivity contribution in [2.45, 2.75) is 38.3 Å². The Kier molecular flexibility index (Phi) is 7.06. The Hall–Kier alpha value is -2.04. The number of hydrogen-bond donors (Lipinski definition) is 1. The van der Waals surface area contributed by atoms with E-state index >= 15 is 0 Å². The van der Waals surface area contributed by atoms with Crippen LogP contribution in [0.25, 0.3) is 0 Å². The van der Waals surface area contributed by atoms with Gasteiger partial charge >= 0.3 is 0 Å². The number of ether oxygens (including phenoxy) is 1. The van der Waals surface area contributed by atoms with Crippen molar-refractivity contribution >= 4 is 18.3 Å². The Balaban J connectivity index is 0.00000243. The lowest BCUT2D eigenvalue weighted by Crippen LogP contribution is -2.32. The number of benzene rings is 2. The summed E-state index contributed by atoms with van der Waals surface area (Å²) in [5, 5.41) is 0. The third kappa shape index (κ3) is 4.57. The molecule has 2 aromatic carbocycles. The maximum atomic E-state index is 12.8. The zero-order valence-electron chi connectivity index (χ0n) is 15.3. The molecule has 0 aromatic heterocycles. The minimum absolute atomic E-state index is 0. The van der Waals surface area contributed by atoms with Gasteiger partial charge in [0.15, 0.2) is 0 Å². The molecule has 26 heavy (non-hydrogen) atoms. The van der Waals surface area contributed by atoms with Crippen LogP contribution >= 0.6 is 12.4 Å². The first-order valence-corrected chi connectivity index (χ1v) is 8.95. The van der Waals surface area contributed by atoms with Gasteiger partial charge in [0.25, 0.3) is 5.91 Å². The third-order valence-corrected chi connectivity index (χ3v) is 4.89. The van der Waals surface area contributed by atoms with Crippen LogP contribution in [0.15, 0.2) is 54.6 Å². The highest BCUT2D eigenvalue weighted by Gasteiger charge is 2.34. The van der Waals surface area contributed by atoms with Crippen LogP contribution in [0.5, 0.6) is 5.75 Å². The zero-order chi connectivity index (χ0) is 17.8. The summed E-state index contributed by atoms with van der Waals surface area (Å²) in [5.41, 5.74) is 8.17. The largest absolute Gasteiger partial charge is 0.491 e. The Bertz CT molecular complexity index is 706. The van der Waals surface area contributed by atoms with E-state index in [4.69, 9.17) is 10.5 Å². The molecule has 0 saturated carbocycles. The van der Waals surface area contributed by atoms with Crippen molar-refractivity contribution in [1.82, 2.24) is 4.90 Å². The number of halogens is 1. The van der Waals surface area contributed by atoms with Crippen LogP contribution in [-0.2, 0) is 0 Å². The van der Waals surface area contributed by atoms with E-state index in [1.807, 2.05) is 54.3 Å². The van der Waals surface area contributed by atoms with Crippen LogP contribution in [0.4, 0.5) is 0 Å². The van der Waals surface area contributed by atoms with E-state index in [0.717, 1.165) is 12.2 Å². The van der Waals surface area contributed by atoms with Gasteiger partial charge in [-0.2, -0.15) is 0 Å². The second kappa shape index (κ2) is 9.06. The van der Waals surface area contributed by atoms with Crippen LogP contribution < -0.4 is 10.5 Å². The smallest absolute Gasteiger partial charge is 0.253 e. The van der Waals surface area contributed by atoms with Crippen LogP contribution in [0, 0.1) is 0 Å². The van der Waals surface area contributed by atoms with Gasteiger partial charge in [-0.25, -0.2) is 0 Å². The van der Waals surface area contributed by atoms with E-state index in [2.05, 4.69) is 19.1 Å². The molecule has 0 spiro atoms. The number of carbonyl (C=O) groups is 1. The SMILES string of the molecule is CCC(C)Oc1ccc(C(=O)N2C[C@@H](N)[C@H](c3ccccc3)C2)cc1.Cl. The highest BCUT2D eigenvalue weighted by atomic mass is 35.5. The molecule has 3 atom stereocenters. The van der Waals surface area contributed by atoms with Gasteiger partial charge in [-0.1, -0.05) is 37.3 Å². The molecule has 5 heteroatoms. The summed E-state index contributed by atoms with van der Waals surface area (Å²) in [6.07, 6.45) is 1.12. The van der Waals surface area contributed by atoms with Gasteiger partial charge in [-0.15, -0.1) is 12.4 Å². The maximum absolute atomic E-state index is 12.8. The Morgan fingerprint density at radius 1 is 1.15 bits per heavy atom. The van der Waals surface area contributed by atoms with Crippen LogP contribution in [0.2, 0.25) is 0 Å². The van der Waals surface area contributed by atoms with Crippen LogP contribution in [-0.4, -0.2) is 36.0 Å². The first-order valence-electron chi connectivity index (χ1n) is 8.95. The predicted octanol–water partition coefficient (Wildman–Crippen LogP) is 3.85. The molecule has 1 aliphatic rings. The van der Waals surface area contributed by atoms with Crippen molar-refractivity contribution in [3.63, 3.8) is 0 Å². The molecule has 2 aromatic rings. The number of nitrogens with two attached hydrogens (primary N) is 1. The molecular weight excluding hydrogens is 348 g/mol. The molecule has 4 nitrogen and oxygen atoms in total. The molecule has 1 heterocycles. The Labute approximate surface area is 161 Å². The number of hydrogen-bond acceptors (Lipinski definition) is 3. The summed E-state index contributed by atoms with van der Waals surface area (Å²) in [7, 11) is 0. The minimum atomic E-state index is -0.0284. The highest BCUT2D eigenvalue weighted by molar-refractivity contribution is 5.94. The van der Waals surface area contributed by atoms with Crippen molar-refractivity contribution < 1.29 is 9.53 Å². The number of amides is 1. The lowest BCUT2D eigenvalue weighted by Gasteiger charge is -2.17. The van der Waals surface area contributed by atoms with E-state index < -0.39 is 0 Å². The molecule has 1 aliphatic heterocycles. The second-order valence-corrected chi connectivity index (χ2v) is 6.75. The van der Waals surface area contributed by atoms with E-state index in [-0.39, 0.29) is 36.4 Å². The van der Waals surface area contributed by atoms with E-state index in [1.165, 1.54) is 5.56 Å². The van der Waals surface area contributed by atoms with Crippen molar-refractivity contribution in [3.05, 3.63) is 65.7 Å². The molecule has 0 aliphatic carbocycles. The number of likely N-dealkylation sites (tertiary alicyclic amines) is 1. The van der Waals surface area contributed by atoms with Gasteiger partial charge in [-0.05, 0) is 43.2 Å². The van der Waals surface area contributed by atoms with E-state index in [1.54, 1.807) is 0 Å². The zero-order valence-corrected chi connectivity index (χ0v) is 16.1. The second-order valence-electron chi connectivity index (χ2n) is 6.75. The number of rotatable bonds is 5. The van der Waals surface area contributed by atoms with Gasteiger partial charge in [0.2, 0.25) is 0 Å². The van der Waals surface area contributed by atoms with Gasteiger partial charge in [-0.3, -0.25) is 4.79 Å². The van der Waals surface area contributed by atoms with Crippen LogP contribution in [0.3, 0.4) is 0 Å². The normalized spacial score (nSPS) is 20.3. The van der Waals surface area contributed by atoms with Crippen molar-refractivity contribution in [3.8, 4) is 5.75 Å². The van der Waals surface area contributed by atoms with Crippen molar-refractivity contribution in [1.29, 1.82) is 0 Å². The Morgan fingerprint density at radius 3 is 2.42 bits per heavy atom. The summed E-state index contributed by atoms with van der Waals surface area (Å²) in [6.45, 7) is 5.37. The summed E-state index contributed by atoms with van der Waals surface area (Å²) in [6, 6.07) is 17.6. The minimum Gasteiger partial charge on any atom is -0.491 e. The van der Waals surface area contributed by atoms with Gasteiger partial charge in [0, 0.05) is 30.6 Å². The van der Waals surface area contributed by atoms with Gasteiger partial charge < -0.3 is 15.4 Å². The van der Waals surface area contributed by atoms with Gasteiger partial charge in [0.1, 0.15) is 5.75 Å². The lowest BCUT2D eigenvalue weighted by atomic mass is 9.95. The molecule has 1 fully saturated rings. The molecule has 0 bridgehead atoms. The summed E-state index contributed by atoms with van der Waals surface area (Å²) >= 11 is 0. The fourth-order valence-corrected chi connectivity index (χ4v) is 3.22. The van der Waals surface area contributed by atoms with E-state index in [9.17, 15) is 4.79 Å². The monoisotopic (exact) mass is 374 g/mol. The maximum Gasteiger partial charge on any atom is 0.253 e. The summed E-state index contributed by atoms with van der Waals surface area (Å²) < 4.78 is 5.77.